The van der Waals surface area contributed by atoms with Gasteiger partial charge in [-0.25, -0.2) is 9.59 Å². The van der Waals surface area contributed by atoms with E-state index >= 15 is 0 Å². The number of amides is 2. The number of aromatic nitrogens is 1. The molecule has 0 fully saturated rings. The first-order chi connectivity index (χ1) is 8.88. The van der Waals surface area contributed by atoms with Crippen LogP contribution in [0.1, 0.15) is 25.8 Å². The maximum Gasteiger partial charge on any atom is 0.326 e. The Morgan fingerprint density at radius 3 is 2.58 bits per heavy atom. The van der Waals surface area contributed by atoms with E-state index < -0.39 is 18.0 Å². The molecule has 0 aliphatic carbocycles. The number of urea groups is 1. The Morgan fingerprint density at radius 1 is 1.37 bits per heavy atom. The lowest BCUT2D eigenvalue weighted by atomic mass is 10.0. The van der Waals surface area contributed by atoms with E-state index in [2.05, 4.69) is 15.6 Å². The molecule has 19 heavy (non-hydrogen) atoms. The summed E-state index contributed by atoms with van der Waals surface area (Å²) in [4.78, 5) is 26.7. The summed E-state index contributed by atoms with van der Waals surface area (Å²) in [5, 5.41) is 14.0. The summed E-state index contributed by atoms with van der Waals surface area (Å²) >= 11 is 0. The van der Waals surface area contributed by atoms with Crippen molar-refractivity contribution in [2.75, 3.05) is 5.32 Å². The quantitative estimate of drug-likeness (QED) is 0.759. The third-order valence-corrected chi connectivity index (χ3v) is 2.44. The highest BCUT2D eigenvalue weighted by molar-refractivity contribution is 5.92. The molecule has 1 aromatic rings. The Labute approximate surface area is 112 Å². The van der Waals surface area contributed by atoms with Crippen LogP contribution in [0.2, 0.25) is 0 Å². The molecule has 6 heteroatoms. The third-order valence-electron chi connectivity index (χ3n) is 2.44. The van der Waals surface area contributed by atoms with E-state index in [1.807, 2.05) is 20.8 Å². The number of rotatable bonds is 5. The molecule has 0 aromatic carbocycles. The Morgan fingerprint density at radius 2 is 2.05 bits per heavy atom. The molecule has 0 bridgehead atoms. The van der Waals surface area contributed by atoms with Gasteiger partial charge in [-0.3, -0.25) is 4.98 Å². The Hall–Kier alpha value is -2.11. The molecule has 104 valence electrons. The number of hydrogen-bond acceptors (Lipinski definition) is 3. The summed E-state index contributed by atoms with van der Waals surface area (Å²) in [5.41, 5.74) is 1.45. The fourth-order valence-corrected chi connectivity index (χ4v) is 1.64. The number of aliphatic carboxylic acids is 1. The van der Waals surface area contributed by atoms with Crippen LogP contribution in [0.4, 0.5) is 10.5 Å². The van der Waals surface area contributed by atoms with Gasteiger partial charge in [0.15, 0.2) is 0 Å². The minimum absolute atomic E-state index is 0.182. The minimum Gasteiger partial charge on any atom is -0.480 e. The molecule has 3 N–H and O–H groups in total. The highest BCUT2D eigenvalue weighted by atomic mass is 16.4. The summed E-state index contributed by atoms with van der Waals surface area (Å²) in [6, 6.07) is 0.323. The number of hydrogen-bond donors (Lipinski definition) is 3. The Kier molecular flexibility index (Phi) is 5.29. The number of carboxylic acid groups (broad SMARTS) is 1. The van der Waals surface area contributed by atoms with Crippen LogP contribution in [0, 0.1) is 12.8 Å². The zero-order valence-electron chi connectivity index (χ0n) is 11.3. The van der Waals surface area contributed by atoms with Crippen molar-refractivity contribution >= 4 is 17.7 Å². The first kappa shape index (κ1) is 14.9. The molecule has 0 aliphatic heterocycles. The van der Waals surface area contributed by atoms with E-state index in [9.17, 15) is 9.59 Å². The predicted octanol–water partition coefficient (Wildman–Crippen LogP) is 2.01. The van der Waals surface area contributed by atoms with Crippen LogP contribution in [0.25, 0.3) is 0 Å². The van der Waals surface area contributed by atoms with Crippen LogP contribution < -0.4 is 10.6 Å². The second-order valence-corrected chi connectivity index (χ2v) is 4.87. The maximum absolute atomic E-state index is 11.7. The normalized spacial score (nSPS) is 12.0. The van der Waals surface area contributed by atoms with Crippen molar-refractivity contribution in [1.82, 2.24) is 10.3 Å². The number of pyridine rings is 1. The first-order valence-electron chi connectivity index (χ1n) is 6.10. The summed E-state index contributed by atoms with van der Waals surface area (Å²) in [7, 11) is 0. The average molecular weight is 265 g/mol. The second-order valence-electron chi connectivity index (χ2n) is 4.87. The number of carbonyl (C=O) groups is 2. The molecule has 1 atom stereocenters. The highest BCUT2D eigenvalue weighted by Crippen LogP contribution is 2.08. The second kappa shape index (κ2) is 6.72. The number of anilines is 1. The van der Waals surface area contributed by atoms with Gasteiger partial charge in [0.05, 0.1) is 11.9 Å². The van der Waals surface area contributed by atoms with Gasteiger partial charge in [0.25, 0.3) is 0 Å². The molecule has 0 spiro atoms. The van der Waals surface area contributed by atoms with E-state index in [4.69, 9.17) is 5.11 Å². The van der Waals surface area contributed by atoms with Crippen LogP contribution in [-0.4, -0.2) is 28.1 Å². The highest BCUT2D eigenvalue weighted by Gasteiger charge is 2.20. The van der Waals surface area contributed by atoms with Crippen molar-refractivity contribution in [1.29, 1.82) is 0 Å². The van der Waals surface area contributed by atoms with Gasteiger partial charge in [0.1, 0.15) is 6.04 Å². The van der Waals surface area contributed by atoms with Gasteiger partial charge in [0, 0.05) is 6.20 Å². The summed E-state index contributed by atoms with van der Waals surface area (Å²) in [6.07, 6.45) is 3.56. The molecule has 1 aromatic heterocycles. The standard InChI is InChI=1S/C13H19N3O3/c1-8(2)4-11(12(17)18)16-13(19)15-10-5-9(3)6-14-7-10/h5-8,11H,4H2,1-3H3,(H,17,18)(H2,15,16,19)/t11-/m1/s1. The molecule has 0 radical (unpaired) electrons. The van der Waals surface area contributed by atoms with E-state index in [1.54, 1.807) is 12.3 Å². The average Bonchev–Trinajstić information content (AvgIpc) is 2.27. The van der Waals surface area contributed by atoms with Crippen LogP contribution in [0.5, 0.6) is 0 Å². The molecular formula is C13H19N3O3. The topological polar surface area (TPSA) is 91.3 Å². The van der Waals surface area contributed by atoms with Gasteiger partial charge in [-0.05, 0) is 30.9 Å². The third kappa shape index (κ3) is 5.37. The summed E-state index contributed by atoms with van der Waals surface area (Å²) in [5.74, 6) is -0.853. The molecule has 2 amide bonds. The van der Waals surface area contributed by atoms with Crippen LogP contribution in [0.3, 0.4) is 0 Å². The van der Waals surface area contributed by atoms with Crippen molar-refractivity contribution < 1.29 is 14.7 Å². The lowest BCUT2D eigenvalue weighted by Crippen LogP contribution is -2.43. The fourth-order valence-electron chi connectivity index (χ4n) is 1.64. The SMILES string of the molecule is Cc1cncc(NC(=O)N[C@H](CC(C)C)C(=O)O)c1. The largest absolute Gasteiger partial charge is 0.480 e. The first-order valence-corrected chi connectivity index (χ1v) is 6.10. The molecule has 1 heterocycles. The van der Waals surface area contributed by atoms with Crippen LogP contribution in [0.15, 0.2) is 18.5 Å². The molecule has 6 nitrogen and oxygen atoms in total. The number of carboxylic acids is 1. The number of carbonyl (C=O) groups excluding carboxylic acids is 1. The smallest absolute Gasteiger partial charge is 0.326 e. The van der Waals surface area contributed by atoms with Crippen molar-refractivity contribution in [2.45, 2.75) is 33.2 Å². The van der Waals surface area contributed by atoms with Crippen molar-refractivity contribution in [3.05, 3.63) is 24.0 Å². The lowest BCUT2D eigenvalue weighted by molar-refractivity contribution is -0.139. The van der Waals surface area contributed by atoms with Crippen LogP contribution in [-0.2, 0) is 4.79 Å². The van der Waals surface area contributed by atoms with Crippen molar-refractivity contribution in [3.8, 4) is 0 Å². The van der Waals surface area contributed by atoms with Gasteiger partial charge >= 0.3 is 12.0 Å². The molecule has 0 aliphatic rings. The van der Waals surface area contributed by atoms with Gasteiger partial charge in [-0.1, -0.05) is 13.8 Å². The van der Waals surface area contributed by atoms with Gasteiger partial charge in [0.2, 0.25) is 0 Å². The molecule has 0 unspecified atom stereocenters. The van der Waals surface area contributed by atoms with E-state index in [-0.39, 0.29) is 5.92 Å². The van der Waals surface area contributed by atoms with E-state index in [1.165, 1.54) is 6.20 Å². The number of nitrogens with zero attached hydrogens (tertiary/aromatic N) is 1. The Bertz CT molecular complexity index is 460. The van der Waals surface area contributed by atoms with Gasteiger partial charge in [-0.15, -0.1) is 0 Å². The molecule has 1 rings (SSSR count). The Balaban J connectivity index is 2.60. The van der Waals surface area contributed by atoms with Crippen molar-refractivity contribution in [2.24, 2.45) is 5.92 Å². The van der Waals surface area contributed by atoms with Crippen molar-refractivity contribution in [3.63, 3.8) is 0 Å². The van der Waals surface area contributed by atoms with Crippen LogP contribution >= 0.6 is 0 Å². The summed E-state index contributed by atoms with van der Waals surface area (Å²) in [6.45, 7) is 5.66. The lowest BCUT2D eigenvalue weighted by Gasteiger charge is -2.16. The fraction of sp³-hybridized carbons (Fsp3) is 0.462. The molecular weight excluding hydrogens is 246 g/mol. The zero-order valence-corrected chi connectivity index (χ0v) is 11.3. The van der Waals surface area contributed by atoms with E-state index in [0.717, 1.165) is 5.56 Å². The zero-order chi connectivity index (χ0) is 14.4. The van der Waals surface area contributed by atoms with E-state index in [0.29, 0.717) is 12.1 Å². The minimum atomic E-state index is -1.04. The van der Waals surface area contributed by atoms with Gasteiger partial charge < -0.3 is 15.7 Å². The monoisotopic (exact) mass is 265 g/mol. The summed E-state index contributed by atoms with van der Waals surface area (Å²) < 4.78 is 0. The molecule has 0 saturated carbocycles. The predicted molar refractivity (Wildman–Crippen MR) is 72.0 cm³/mol. The number of nitrogens with one attached hydrogen (secondary N) is 2. The van der Waals surface area contributed by atoms with Gasteiger partial charge in [-0.2, -0.15) is 0 Å². The maximum atomic E-state index is 11.7. The number of aryl methyl sites for hydroxylation is 1. The molecule has 0 saturated heterocycles.